The number of para-hydroxylation sites is 1. The molecule has 2 aromatic carbocycles. The first-order chi connectivity index (χ1) is 15.8. The second-order valence-electron chi connectivity index (χ2n) is 7.42. The Balaban J connectivity index is 0.000000479. The van der Waals surface area contributed by atoms with E-state index in [1.54, 1.807) is 7.11 Å². The van der Waals surface area contributed by atoms with Gasteiger partial charge in [0.15, 0.2) is 0 Å². The van der Waals surface area contributed by atoms with E-state index in [1.807, 2.05) is 18.5 Å². The van der Waals surface area contributed by atoms with Gasteiger partial charge in [0.1, 0.15) is 5.75 Å². The maximum atomic E-state index is 10.6. The summed E-state index contributed by atoms with van der Waals surface area (Å²) in [5.74, 6) is -1.80. The van der Waals surface area contributed by atoms with Crippen LogP contribution in [0.4, 0.5) is 13.2 Å². The molecular formula is C25H29F3N2O3. The summed E-state index contributed by atoms with van der Waals surface area (Å²) in [6.45, 7) is 3.17. The lowest BCUT2D eigenvalue weighted by molar-refractivity contribution is -0.192. The van der Waals surface area contributed by atoms with Gasteiger partial charge in [0.25, 0.3) is 0 Å². The van der Waals surface area contributed by atoms with Gasteiger partial charge in [-0.25, -0.2) is 9.78 Å². The maximum Gasteiger partial charge on any atom is 0.490 e. The van der Waals surface area contributed by atoms with Crippen molar-refractivity contribution in [1.82, 2.24) is 9.55 Å². The molecule has 5 nitrogen and oxygen atoms in total. The molecule has 0 fully saturated rings. The summed E-state index contributed by atoms with van der Waals surface area (Å²) in [6, 6.07) is 18.8. The number of carboxylic acids is 1. The predicted molar refractivity (Wildman–Crippen MR) is 121 cm³/mol. The second kappa shape index (κ2) is 12.7. The van der Waals surface area contributed by atoms with Crippen LogP contribution in [0.25, 0.3) is 11.3 Å². The van der Waals surface area contributed by atoms with Gasteiger partial charge in [-0.15, -0.1) is 0 Å². The van der Waals surface area contributed by atoms with Gasteiger partial charge >= 0.3 is 12.1 Å². The number of hydrogen-bond acceptors (Lipinski definition) is 3. The number of aromatic nitrogens is 2. The Labute approximate surface area is 191 Å². The number of carbonyl (C=O) groups is 1. The summed E-state index contributed by atoms with van der Waals surface area (Å²) < 4.78 is 39.6. The van der Waals surface area contributed by atoms with Crippen LogP contribution in [0.1, 0.15) is 37.4 Å². The number of rotatable bonds is 9. The molecule has 1 N–H and O–H groups in total. The molecule has 0 saturated heterocycles. The number of halogens is 3. The number of nitrogens with zero attached hydrogens (tertiary/aromatic N) is 2. The fraction of sp³-hybridized carbons (Fsp3) is 0.360. The summed E-state index contributed by atoms with van der Waals surface area (Å²) in [6.07, 6.45) is 2.62. The van der Waals surface area contributed by atoms with Gasteiger partial charge in [-0.05, 0) is 30.9 Å². The van der Waals surface area contributed by atoms with Gasteiger partial charge in [-0.2, -0.15) is 13.2 Å². The third-order valence-electron chi connectivity index (χ3n) is 5.07. The molecule has 3 aromatic rings. The number of benzene rings is 2. The average molecular weight is 463 g/mol. The van der Waals surface area contributed by atoms with E-state index in [2.05, 4.69) is 54.0 Å². The Morgan fingerprint density at radius 3 is 2.27 bits per heavy atom. The fourth-order valence-electron chi connectivity index (χ4n) is 3.39. The molecule has 0 radical (unpaired) electrons. The number of unbranched alkanes of at least 4 members (excludes halogenated alkanes) is 2. The number of imidazole rings is 1. The van der Waals surface area contributed by atoms with Crippen LogP contribution < -0.4 is 4.74 Å². The topological polar surface area (TPSA) is 64.4 Å². The minimum atomic E-state index is -5.08. The van der Waals surface area contributed by atoms with E-state index < -0.39 is 12.1 Å². The van der Waals surface area contributed by atoms with Gasteiger partial charge in [0, 0.05) is 17.8 Å². The molecule has 0 aliphatic rings. The van der Waals surface area contributed by atoms with E-state index in [0.717, 1.165) is 30.8 Å². The van der Waals surface area contributed by atoms with Gasteiger partial charge < -0.3 is 14.4 Å². The van der Waals surface area contributed by atoms with Crippen molar-refractivity contribution in [3.05, 3.63) is 72.2 Å². The lowest BCUT2D eigenvalue weighted by Gasteiger charge is -2.12. The van der Waals surface area contributed by atoms with E-state index in [1.165, 1.54) is 36.1 Å². The first-order valence-electron chi connectivity index (χ1n) is 10.8. The van der Waals surface area contributed by atoms with Gasteiger partial charge in [0.05, 0.1) is 19.1 Å². The number of hydrogen-bond donors (Lipinski definition) is 1. The molecule has 0 aliphatic carbocycles. The first kappa shape index (κ1) is 26.0. The number of aryl methyl sites for hydroxylation is 2. The SMILES string of the molecule is CCCCCc1c(-c2ccccc2)ncn1CCc1ccccc1OC.O=C(O)C(F)(F)F. The van der Waals surface area contributed by atoms with Crippen LogP contribution in [-0.2, 0) is 24.2 Å². The van der Waals surface area contributed by atoms with Crippen LogP contribution >= 0.6 is 0 Å². The highest BCUT2D eigenvalue weighted by atomic mass is 19.4. The van der Waals surface area contributed by atoms with Gasteiger partial charge in [0.2, 0.25) is 0 Å². The first-order valence-corrected chi connectivity index (χ1v) is 10.8. The Hall–Kier alpha value is -3.29. The number of ether oxygens (including phenoxy) is 1. The molecule has 1 aromatic heterocycles. The largest absolute Gasteiger partial charge is 0.496 e. The third kappa shape index (κ3) is 7.97. The minimum absolute atomic E-state index is 0.918. The summed E-state index contributed by atoms with van der Waals surface area (Å²) in [5.41, 5.74) is 4.92. The zero-order valence-corrected chi connectivity index (χ0v) is 18.8. The van der Waals surface area contributed by atoms with Crippen LogP contribution in [0.15, 0.2) is 60.9 Å². The Bertz CT molecular complexity index is 1000. The maximum absolute atomic E-state index is 10.6. The van der Waals surface area contributed by atoms with Crippen molar-refractivity contribution in [3.8, 4) is 17.0 Å². The van der Waals surface area contributed by atoms with Crippen molar-refractivity contribution in [2.75, 3.05) is 7.11 Å². The number of methoxy groups -OCH3 is 1. The minimum Gasteiger partial charge on any atom is -0.496 e. The molecule has 0 unspecified atom stereocenters. The van der Waals surface area contributed by atoms with E-state index in [-0.39, 0.29) is 0 Å². The highest BCUT2D eigenvalue weighted by molar-refractivity contribution is 5.73. The molecule has 178 valence electrons. The van der Waals surface area contributed by atoms with Crippen molar-refractivity contribution in [3.63, 3.8) is 0 Å². The Morgan fingerprint density at radius 1 is 1.03 bits per heavy atom. The molecule has 0 aliphatic heterocycles. The average Bonchev–Trinajstić information content (AvgIpc) is 3.21. The molecule has 0 amide bonds. The molecule has 0 spiro atoms. The molecule has 3 rings (SSSR count). The highest BCUT2D eigenvalue weighted by Crippen LogP contribution is 2.25. The van der Waals surface area contributed by atoms with Gasteiger partial charge in [-0.1, -0.05) is 68.3 Å². The second-order valence-corrected chi connectivity index (χ2v) is 7.42. The van der Waals surface area contributed by atoms with Crippen molar-refractivity contribution in [2.24, 2.45) is 0 Å². The molecule has 0 saturated carbocycles. The summed E-state index contributed by atoms with van der Waals surface area (Å²) in [5, 5.41) is 7.12. The number of aliphatic carboxylic acids is 1. The molecular weight excluding hydrogens is 433 g/mol. The van der Waals surface area contributed by atoms with Crippen molar-refractivity contribution < 1.29 is 27.8 Å². The lowest BCUT2D eigenvalue weighted by Crippen LogP contribution is -2.21. The van der Waals surface area contributed by atoms with E-state index in [0.29, 0.717) is 0 Å². The van der Waals surface area contributed by atoms with Crippen LogP contribution in [0.3, 0.4) is 0 Å². The quantitative estimate of drug-likeness (QED) is 0.387. The highest BCUT2D eigenvalue weighted by Gasteiger charge is 2.38. The zero-order chi connectivity index (χ0) is 24.3. The lowest BCUT2D eigenvalue weighted by atomic mass is 10.1. The zero-order valence-electron chi connectivity index (χ0n) is 18.8. The predicted octanol–water partition coefficient (Wildman–Crippen LogP) is 6.17. The number of carboxylic acid groups (broad SMARTS) is 1. The van der Waals surface area contributed by atoms with E-state index in [9.17, 15) is 13.2 Å². The Morgan fingerprint density at radius 2 is 1.67 bits per heavy atom. The van der Waals surface area contributed by atoms with Crippen LogP contribution in [0, 0.1) is 0 Å². The smallest absolute Gasteiger partial charge is 0.490 e. The van der Waals surface area contributed by atoms with Crippen LogP contribution in [0.5, 0.6) is 5.75 Å². The normalized spacial score (nSPS) is 10.9. The van der Waals surface area contributed by atoms with Crippen molar-refractivity contribution in [2.45, 2.75) is 51.7 Å². The summed E-state index contributed by atoms with van der Waals surface area (Å²) in [4.78, 5) is 13.6. The Kier molecular flexibility index (Phi) is 9.97. The third-order valence-corrected chi connectivity index (χ3v) is 5.07. The summed E-state index contributed by atoms with van der Waals surface area (Å²) >= 11 is 0. The molecule has 8 heteroatoms. The molecule has 1 heterocycles. The summed E-state index contributed by atoms with van der Waals surface area (Å²) in [7, 11) is 1.74. The monoisotopic (exact) mass is 462 g/mol. The standard InChI is InChI=1S/C23H28N2O.C2HF3O2/c1-3-4-6-14-21-23(20-12-7-5-8-13-20)24-18-25(21)17-16-19-11-9-10-15-22(19)26-2;3-2(4,5)1(6)7/h5,7-13,15,18H,3-4,6,14,16-17H2,1-2H3;(H,6,7). The van der Waals surface area contributed by atoms with Crippen LogP contribution in [0.2, 0.25) is 0 Å². The van der Waals surface area contributed by atoms with Crippen molar-refractivity contribution in [1.29, 1.82) is 0 Å². The molecule has 0 atom stereocenters. The molecule has 0 bridgehead atoms. The van der Waals surface area contributed by atoms with Crippen molar-refractivity contribution >= 4 is 5.97 Å². The van der Waals surface area contributed by atoms with Gasteiger partial charge in [-0.3, -0.25) is 0 Å². The van der Waals surface area contributed by atoms with E-state index in [4.69, 9.17) is 19.6 Å². The fourth-order valence-corrected chi connectivity index (χ4v) is 3.39. The number of alkyl halides is 3. The molecule has 33 heavy (non-hydrogen) atoms. The van der Waals surface area contributed by atoms with E-state index >= 15 is 0 Å². The van der Waals surface area contributed by atoms with Crippen LogP contribution in [-0.4, -0.2) is 33.9 Å².